The lowest BCUT2D eigenvalue weighted by Crippen LogP contribution is -2.14. The van der Waals surface area contributed by atoms with Crippen LogP contribution in [0.1, 0.15) is 5.56 Å². The van der Waals surface area contributed by atoms with Crippen LogP contribution < -0.4 is 4.72 Å². The van der Waals surface area contributed by atoms with Crippen molar-refractivity contribution in [3.63, 3.8) is 0 Å². The number of aromatic nitrogens is 1. The fourth-order valence-corrected chi connectivity index (χ4v) is 2.56. The van der Waals surface area contributed by atoms with Gasteiger partial charge in [0.1, 0.15) is 21.9 Å². The molecule has 0 amide bonds. The maximum atomic E-state index is 13.0. The van der Waals surface area contributed by atoms with Crippen LogP contribution in [0.15, 0.2) is 41.4 Å². The quantitative estimate of drug-likeness (QED) is 0.883. The topological polar surface area (TPSA) is 82.9 Å². The molecule has 1 aromatic carbocycles. The van der Waals surface area contributed by atoms with Gasteiger partial charge in [-0.3, -0.25) is 4.72 Å². The number of rotatable bonds is 3. The fourth-order valence-electron chi connectivity index (χ4n) is 1.42. The van der Waals surface area contributed by atoms with Gasteiger partial charge in [-0.25, -0.2) is 17.8 Å². The monoisotopic (exact) mass is 311 g/mol. The molecule has 1 aromatic heterocycles. The number of pyridine rings is 1. The highest BCUT2D eigenvalue weighted by Gasteiger charge is 2.16. The number of sulfonamides is 1. The molecule has 1 heterocycles. The summed E-state index contributed by atoms with van der Waals surface area (Å²) in [5.41, 5.74) is -0.126. The van der Waals surface area contributed by atoms with Crippen LogP contribution in [0.2, 0.25) is 5.15 Å². The number of nitrogens with one attached hydrogen (secondary N) is 1. The number of nitrogens with zero attached hydrogens (tertiary/aromatic N) is 2. The number of hydrogen-bond donors (Lipinski definition) is 1. The molecule has 0 saturated carbocycles. The smallest absolute Gasteiger partial charge is 0.263 e. The van der Waals surface area contributed by atoms with Crippen molar-refractivity contribution in [3.05, 3.63) is 53.1 Å². The number of hydrogen-bond acceptors (Lipinski definition) is 4. The van der Waals surface area contributed by atoms with Crippen LogP contribution >= 0.6 is 11.6 Å². The summed E-state index contributed by atoms with van der Waals surface area (Å²) in [6.45, 7) is 0. The summed E-state index contributed by atoms with van der Waals surface area (Å²) in [5.74, 6) is -0.627. The van der Waals surface area contributed by atoms with Crippen LogP contribution in [0.4, 0.5) is 10.1 Å². The summed E-state index contributed by atoms with van der Waals surface area (Å²) in [6, 6.07) is 7.48. The summed E-state index contributed by atoms with van der Waals surface area (Å²) in [7, 11) is -3.92. The van der Waals surface area contributed by atoms with Crippen LogP contribution in [-0.2, 0) is 10.0 Å². The predicted octanol–water partition coefficient (Wildman–Crippen LogP) is 2.55. The Balaban J connectivity index is 2.39. The van der Waals surface area contributed by atoms with Crippen molar-refractivity contribution in [2.45, 2.75) is 4.90 Å². The molecule has 2 rings (SSSR count). The van der Waals surface area contributed by atoms with Gasteiger partial charge in [0, 0.05) is 6.20 Å². The van der Waals surface area contributed by atoms with Gasteiger partial charge in [-0.15, -0.1) is 0 Å². The molecule has 0 spiro atoms. The molecule has 5 nitrogen and oxygen atoms in total. The second-order valence-corrected chi connectivity index (χ2v) is 5.79. The number of anilines is 1. The summed E-state index contributed by atoms with van der Waals surface area (Å²) in [4.78, 5) is 3.55. The third-order valence-corrected chi connectivity index (χ3v) is 3.93. The molecule has 0 aliphatic heterocycles. The van der Waals surface area contributed by atoms with Crippen molar-refractivity contribution in [1.29, 1.82) is 5.26 Å². The van der Waals surface area contributed by atoms with Crippen LogP contribution in [0.5, 0.6) is 0 Å². The number of benzene rings is 1. The van der Waals surface area contributed by atoms with E-state index in [2.05, 4.69) is 9.71 Å². The van der Waals surface area contributed by atoms with Gasteiger partial charge in [-0.1, -0.05) is 11.6 Å². The van der Waals surface area contributed by atoms with E-state index in [9.17, 15) is 12.8 Å². The molecule has 0 atom stereocenters. The lowest BCUT2D eigenvalue weighted by atomic mass is 10.2. The van der Waals surface area contributed by atoms with E-state index in [4.69, 9.17) is 16.9 Å². The van der Waals surface area contributed by atoms with Gasteiger partial charge in [0.25, 0.3) is 10.0 Å². The predicted molar refractivity (Wildman–Crippen MR) is 71.2 cm³/mol. The highest BCUT2D eigenvalue weighted by atomic mass is 35.5. The molecule has 0 radical (unpaired) electrons. The standard InChI is InChI=1S/C12H7ClFN3O2S/c13-12-4-2-10(7-16-12)20(18,19)17-11-3-1-9(14)5-8(11)6-15/h1-5,7,17H. The van der Waals surface area contributed by atoms with E-state index in [1.54, 1.807) is 6.07 Å². The highest BCUT2D eigenvalue weighted by molar-refractivity contribution is 7.92. The first kappa shape index (κ1) is 14.2. The molecule has 0 aliphatic rings. The minimum absolute atomic E-state index is 0.0103. The third-order valence-electron chi connectivity index (χ3n) is 2.36. The lowest BCUT2D eigenvalue weighted by Gasteiger charge is -2.09. The Kier molecular flexibility index (Phi) is 3.88. The summed E-state index contributed by atoms with van der Waals surface area (Å²) in [5, 5.41) is 9.02. The van der Waals surface area contributed by atoms with Crippen LogP contribution in [0.3, 0.4) is 0 Å². The average molecular weight is 312 g/mol. The normalized spacial score (nSPS) is 10.8. The molecule has 0 fully saturated rings. The second-order valence-electron chi connectivity index (χ2n) is 3.72. The van der Waals surface area contributed by atoms with E-state index < -0.39 is 15.8 Å². The van der Waals surface area contributed by atoms with Crippen LogP contribution in [0, 0.1) is 17.1 Å². The van der Waals surface area contributed by atoms with E-state index in [1.165, 1.54) is 18.2 Å². The minimum atomic E-state index is -3.92. The second kappa shape index (κ2) is 5.45. The van der Waals surface area contributed by atoms with Crippen LogP contribution in [-0.4, -0.2) is 13.4 Å². The van der Waals surface area contributed by atoms with E-state index in [0.717, 1.165) is 18.3 Å². The summed E-state index contributed by atoms with van der Waals surface area (Å²) >= 11 is 5.58. The van der Waals surface area contributed by atoms with Crippen molar-refractivity contribution in [2.75, 3.05) is 4.72 Å². The zero-order valence-electron chi connectivity index (χ0n) is 9.84. The SMILES string of the molecule is N#Cc1cc(F)ccc1NS(=O)(=O)c1ccc(Cl)nc1. The zero-order valence-corrected chi connectivity index (χ0v) is 11.4. The Hall–Kier alpha value is -2.17. The van der Waals surface area contributed by atoms with E-state index in [0.29, 0.717) is 0 Å². The molecule has 0 saturated heterocycles. The number of halogens is 2. The molecule has 8 heteroatoms. The lowest BCUT2D eigenvalue weighted by molar-refractivity contribution is 0.600. The molecular weight excluding hydrogens is 305 g/mol. The van der Waals surface area contributed by atoms with Gasteiger partial charge < -0.3 is 0 Å². The van der Waals surface area contributed by atoms with Crippen molar-refractivity contribution in [3.8, 4) is 6.07 Å². The van der Waals surface area contributed by atoms with Gasteiger partial charge in [0.15, 0.2) is 0 Å². The van der Waals surface area contributed by atoms with Crippen molar-refractivity contribution < 1.29 is 12.8 Å². The molecule has 102 valence electrons. The molecule has 2 aromatic rings. The van der Waals surface area contributed by atoms with Crippen LogP contribution in [0.25, 0.3) is 0 Å². The Morgan fingerprint density at radius 3 is 2.65 bits per heavy atom. The van der Waals surface area contributed by atoms with Crippen molar-refractivity contribution in [2.24, 2.45) is 0 Å². The first-order valence-corrected chi connectivity index (χ1v) is 7.12. The zero-order chi connectivity index (χ0) is 14.8. The Bertz CT molecular complexity index is 785. The largest absolute Gasteiger partial charge is 0.278 e. The maximum absolute atomic E-state index is 13.0. The Labute approximate surface area is 119 Å². The molecule has 0 unspecified atom stereocenters. The van der Waals surface area contributed by atoms with Crippen molar-refractivity contribution >= 4 is 27.3 Å². The van der Waals surface area contributed by atoms with Crippen molar-refractivity contribution in [1.82, 2.24) is 4.98 Å². The molecular formula is C12H7ClFN3O2S. The van der Waals surface area contributed by atoms with E-state index >= 15 is 0 Å². The number of nitriles is 1. The third kappa shape index (κ3) is 3.04. The first-order chi connectivity index (χ1) is 9.42. The van der Waals surface area contributed by atoms with Gasteiger partial charge >= 0.3 is 0 Å². The van der Waals surface area contributed by atoms with E-state index in [1.807, 2.05) is 0 Å². The molecule has 0 aliphatic carbocycles. The molecule has 1 N–H and O–H groups in total. The van der Waals surface area contributed by atoms with Gasteiger partial charge in [0.2, 0.25) is 0 Å². The van der Waals surface area contributed by atoms with E-state index in [-0.39, 0.29) is 21.3 Å². The van der Waals surface area contributed by atoms with Gasteiger partial charge in [-0.2, -0.15) is 5.26 Å². The minimum Gasteiger partial charge on any atom is -0.278 e. The Morgan fingerprint density at radius 1 is 1.30 bits per heavy atom. The maximum Gasteiger partial charge on any atom is 0.263 e. The van der Waals surface area contributed by atoms with Gasteiger partial charge in [-0.05, 0) is 30.3 Å². The summed E-state index contributed by atoms with van der Waals surface area (Å²) < 4.78 is 39.3. The highest BCUT2D eigenvalue weighted by Crippen LogP contribution is 2.20. The van der Waals surface area contributed by atoms with Gasteiger partial charge in [0.05, 0.1) is 11.3 Å². The first-order valence-electron chi connectivity index (χ1n) is 5.26. The fraction of sp³-hybridized carbons (Fsp3) is 0. The Morgan fingerprint density at radius 2 is 2.05 bits per heavy atom. The molecule has 0 bridgehead atoms. The average Bonchev–Trinajstić information content (AvgIpc) is 2.41. The summed E-state index contributed by atoms with van der Waals surface area (Å²) in [6.07, 6.45) is 1.08. The molecule has 20 heavy (non-hydrogen) atoms.